The highest BCUT2D eigenvalue weighted by Crippen LogP contribution is 2.19. The standard InChI is InChI=1S/C17H12N2O4/c20-16(21)12-7-4-8-13(9-12)18-10-14-15(19-23-17(14)22)11-5-2-1-3-6-11/h1-10,19H,(H,20,21). The van der Waals surface area contributed by atoms with E-state index in [-0.39, 0.29) is 11.1 Å². The number of hydrogen-bond acceptors (Lipinski definition) is 4. The number of benzene rings is 2. The first-order chi connectivity index (χ1) is 11.1. The molecule has 0 aliphatic heterocycles. The quantitative estimate of drug-likeness (QED) is 0.724. The molecule has 0 unspecified atom stereocenters. The normalized spacial score (nSPS) is 11.0. The summed E-state index contributed by atoms with van der Waals surface area (Å²) in [6.45, 7) is 0. The Balaban J connectivity index is 1.98. The summed E-state index contributed by atoms with van der Waals surface area (Å²) in [6.07, 6.45) is 1.37. The maximum atomic E-state index is 11.8. The molecular weight excluding hydrogens is 296 g/mol. The van der Waals surface area contributed by atoms with Crippen LogP contribution in [-0.4, -0.2) is 22.4 Å². The summed E-state index contributed by atoms with van der Waals surface area (Å²) in [5.41, 5.74) is 1.61. The molecule has 0 amide bonds. The molecule has 0 atom stereocenters. The van der Waals surface area contributed by atoms with Gasteiger partial charge < -0.3 is 9.63 Å². The van der Waals surface area contributed by atoms with E-state index in [4.69, 9.17) is 9.63 Å². The van der Waals surface area contributed by atoms with Crippen LogP contribution < -0.4 is 5.63 Å². The second-order valence-corrected chi connectivity index (χ2v) is 4.76. The molecule has 6 heteroatoms. The number of hydrogen-bond donors (Lipinski definition) is 2. The molecule has 3 rings (SSSR count). The fraction of sp³-hybridized carbons (Fsp3) is 0. The molecule has 0 aliphatic carbocycles. The Bertz CT molecular complexity index is 923. The Morgan fingerprint density at radius 3 is 2.65 bits per heavy atom. The number of aromatic nitrogens is 1. The highest BCUT2D eigenvalue weighted by molar-refractivity contribution is 5.91. The van der Waals surface area contributed by atoms with Crippen LogP contribution in [0.3, 0.4) is 0 Å². The van der Waals surface area contributed by atoms with Gasteiger partial charge in [-0.05, 0) is 18.2 Å². The van der Waals surface area contributed by atoms with Crippen molar-refractivity contribution in [1.82, 2.24) is 5.16 Å². The first-order valence-corrected chi connectivity index (χ1v) is 6.79. The van der Waals surface area contributed by atoms with Gasteiger partial charge in [-0.3, -0.25) is 4.99 Å². The number of H-pyrrole nitrogens is 1. The van der Waals surface area contributed by atoms with E-state index in [1.807, 2.05) is 30.3 Å². The summed E-state index contributed by atoms with van der Waals surface area (Å²) in [4.78, 5) is 27.0. The van der Waals surface area contributed by atoms with E-state index in [1.165, 1.54) is 18.3 Å². The van der Waals surface area contributed by atoms with E-state index >= 15 is 0 Å². The van der Waals surface area contributed by atoms with E-state index in [2.05, 4.69) is 10.1 Å². The molecule has 23 heavy (non-hydrogen) atoms. The van der Waals surface area contributed by atoms with Gasteiger partial charge in [-0.2, -0.15) is 0 Å². The zero-order chi connectivity index (χ0) is 16.2. The van der Waals surface area contributed by atoms with Crippen LogP contribution in [0.4, 0.5) is 5.69 Å². The van der Waals surface area contributed by atoms with Gasteiger partial charge in [-0.1, -0.05) is 36.4 Å². The maximum Gasteiger partial charge on any atom is 0.366 e. The molecule has 114 valence electrons. The number of nitrogens with one attached hydrogen (secondary N) is 1. The van der Waals surface area contributed by atoms with Gasteiger partial charge in [0.15, 0.2) is 0 Å². The molecule has 0 fully saturated rings. The second kappa shape index (κ2) is 6.15. The number of nitrogens with zero attached hydrogens (tertiary/aromatic N) is 1. The molecule has 0 bridgehead atoms. The number of carbonyl (C=O) groups is 1. The minimum Gasteiger partial charge on any atom is -0.478 e. The van der Waals surface area contributed by atoms with E-state index in [1.54, 1.807) is 12.1 Å². The molecule has 1 aromatic heterocycles. The van der Waals surface area contributed by atoms with Crippen LogP contribution in [0.2, 0.25) is 0 Å². The third-order valence-electron chi connectivity index (χ3n) is 3.23. The summed E-state index contributed by atoms with van der Waals surface area (Å²) < 4.78 is 4.83. The molecule has 0 saturated carbocycles. The van der Waals surface area contributed by atoms with Crippen molar-refractivity contribution in [3.63, 3.8) is 0 Å². The van der Waals surface area contributed by atoms with Crippen molar-refractivity contribution in [2.45, 2.75) is 0 Å². The minimum absolute atomic E-state index is 0.129. The average molecular weight is 308 g/mol. The topological polar surface area (TPSA) is 95.7 Å². The molecule has 0 saturated heterocycles. The van der Waals surface area contributed by atoms with Gasteiger partial charge in [0.25, 0.3) is 0 Å². The number of rotatable bonds is 4. The Kier molecular flexibility index (Phi) is 3.88. The lowest BCUT2D eigenvalue weighted by atomic mass is 10.1. The van der Waals surface area contributed by atoms with Crippen molar-refractivity contribution in [2.24, 2.45) is 4.99 Å². The molecule has 0 spiro atoms. The number of carboxylic acids is 1. The zero-order valence-corrected chi connectivity index (χ0v) is 11.9. The van der Waals surface area contributed by atoms with Gasteiger partial charge in [-0.25, -0.2) is 14.7 Å². The van der Waals surface area contributed by atoms with Crippen molar-refractivity contribution in [3.8, 4) is 11.3 Å². The summed E-state index contributed by atoms with van der Waals surface area (Å²) in [5.74, 6) is -1.03. The van der Waals surface area contributed by atoms with Crippen molar-refractivity contribution in [3.05, 3.63) is 76.1 Å². The average Bonchev–Trinajstić information content (AvgIpc) is 2.95. The summed E-state index contributed by atoms with van der Waals surface area (Å²) >= 11 is 0. The van der Waals surface area contributed by atoms with Gasteiger partial charge in [-0.15, -0.1) is 0 Å². The van der Waals surface area contributed by atoms with Crippen LogP contribution in [0.25, 0.3) is 11.3 Å². The molecule has 0 radical (unpaired) electrons. The highest BCUT2D eigenvalue weighted by Gasteiger charge is 2.11. The van der Waals surface area contributed by atoms with E-state index in [0.29, 0.717) is 11.4 Å². The second-order valence-electron chi connectivity index (χ2n) is 4.76. The monoisotopic (exact) mass is 308 g/mol. The maximum absolute atomic E-state index is 11.8. The molecule has 2 N–H and O–H groups in total. The predicted molar refractivity (Wildman–Crippen MR) is 85.4 cm³/mol. The fourth-order valence-corrected chi connectivity index (χ4v) is 2.10. The van der Waals surface area contributed by atoms with Crippen LogP contribution in [0.1, 0.15) is 15.9 Å². The SMILES string of the molecule is O=C(O)c1cccc(N=Cc2c(-c3ccccc3)[nH]oc2=O)c1. The smallest absolute Gasteiger partial charge is 0.366 e. The van der Waals surface area contributed by atoms with Crippen molar-refractivity contribution < 1.29 is 14.4 Å². The van der Waals surface area contributed by atoms with Crippen LogP contribution in [0, 0.1) is 0 Å². The van der Waals surface area contributed by atoms with Crippen molar-refractivity contribution >= 4 is 17.9 Å². The third kappa shape index (κ3) is 3.11. The lowest BCUT2D eigenvalue weighted by Gasteiger charge is -1.98. The van der Waals surface area contributed by atoms with Crippen LogP contribution in [-0.2, 0) is 0 Å². The number of aromatic amines is 1. The van der Waals surface area contributed by atoms with Gasteiger partial charge in [0, 0.05) is 11.8 Å². The zero-order valence-electron chi connectivity index (χ0n) is 11.9. The summed E-state index contributed by atoms with van der Waals surface area (Å²) in [7, 11) is 0. The summed E-state index contributed by atoms with van der Waals surface area (Å²) in [6, 6.07) is 15.4. The Morgan fingerprint density at radius 2 is 1.91 bits per heavy atom. The number of aliphatic imine (C=N–C) groups is 1. The van der Waals surface area contributed by atoms with Gasteiger partial charge >= 0.3 is 11.6 Å². The van der Waals surface area contributed by atoms with Crippen LogP contribution in [0.5, 0.6) is 0 Å². The van der Waals surface area contributed by atoms with Crippen molar-refractivity contribution in [1.29, 1.82) is 0 Å². The minimum atomic E-state index is -1.03. The molecule has 1 heterocycles. The van der Waals surface area contributed by atoms with E-state index < -0.39 is 11.6 Å². The fourth-order valence-electron chi connectivity index (χ4n) is 2.10. The molecule has 3 aromatic rings. The highest BCUT2D eigenvalue weighted by atomic mass is 16.5. The first-order valence-electron chi connectivity index (χ1n) is 6.79. The van der Waals surface area contributed by atoms with Gasteiger partial charge in [0.05, 0.1) is 16.9 Å². The molecule has 6 nitrogen and oxygen atoms in total. The summed E-state index contributed by atoms with van der Waals surface area (Å²) in [5, 5.41) is 11.6. The lowest BCUT2D eigenvalue weighted by molar-refractivity contribution is 0.0697. The number of carboxylic acid groups (broad SMARTS) is 1. The third-order valence-corrected chi connectivity index (χ3v) is 3.23. The molecular formula is C17H12N2O4. The van der Waals surface area contributed by atoms with E-state index in [9.17, 15) is 9.59 Å². The van der Waals surface area contributed by atoms with Gasteiger partial charge in [0.1, 0.15) is 5.56 Å². The predicted octanol–water partition coefficient (Wildman–Crippen LogP) is 3.08. The lowest BCUT2D eigenvalue weighted by Crippen LogP contribution is -2.01. The Labute approximate surface area is 130 Å². The Morgan fingerprint density at radius 1 is 1.13 bits per heavy atom. The molecule has 0 aliphatic rings. The van der Waals surface area contributed by atoms with Crippen LogP contribution >= 0.6 is 0 Å². The Hall–Kier alpha value is -3.41. The number of aromatic carboxylic acids is 1. The van der Waals surface area contributed by atoms with Crippen molar-refractivity contribution in [2.75, 3.05) is 0 Å². The molecule has 2 aromatic carbocycles. The largest absolute Gasteiger partial charge is 0.478 e. The van der Waals surface area contributed by atoms with Crippen LogP contribution in [0.15, 0.2) is 68.9 Å². The van der Waals surface area contributed by atoms with Gasteiger partial charge in [0.2, 0.25) is 0 Å². The van der Waals surface area contributed by atoms with E-state index in [0.717, 1.165) is 5.56 Å². The first kappa shape index (κ1) is 14.5.